The summed E-state index contributed by atoms with van der Waals surface area (Å²) in [6.45, 7) is 2.03. The molecule has 3 atom stereocenters. The van der Waals surface area contributed by atoms with Crippen LogP contribution in [0.15, 0.2) is 6.07 Å². The van der Waals surface area contributed by atoms with Crippen LogP contribution in [0.1, 0.15) is 37.3 Å². The van der Waals surface area contributed by atoms with Gasteiger partial charge in [-0.05, 0) is 38.1 Å². The summed E-state index contributed by atoms with van der Waals surface area (Å²) < 4.78 is 0. The number of rotatable bonds is 3. The van der Waals surface area contributed by atoms with Gasteiger partial charge >= 0.3 is 0 Å². The summed E-state index contributed by atoms with van der Waals surface area (Å²) >= 11 is 0. The first-order valence-corrected chi connectivity index (χ1v) is 7.79. The van der Waals surface area contributed by atoms with Crippen molar-refractivity contribution >= 4 is 11.8 Å². The van der Waals surface area contributed by atoms with Crippen molar-refractivity contribution in [2.75, 3.05) is 30.8 Å². The van der Waals surface area contributed by atoms with Gasteiger partial charge in [0.1, 0.15) is 5.82 Å². The highest BCUT2D eigenvalue weighted by molar-refractivity contribution is 5.47. The van der Waals surface area contributed by atoms with E-state index in [-0.39, 0.29) is 0 Å². The molecule has 1 saturated heterocycles. The van der Waals surface area contributed by atoms with Gasteiger partial charge in [0.25, 0.3) is 0 Å². The highest BCUT2D eigenvalue weighted by atomic mass is 15.3. The Balaban J connectivity index is 1.57. The molecule has 4 rings (SSSR count). The number of nitrogens with two attached hydrogens (primary N) is 1. The van der Waals surface area contributed by atoms with Crippen LogP contribution in [0.5, 0.6) is 0 Å². The summed E-state index contributed by atoms with van der Waals surface area (Å²) in [4.78, 5) is 11.2. The summed E-state index contributed by atoms with van der Waals surface area (Å²) in [5.74, 6) is 3.85. The molecule has 0 aromatic carbocycles. The first-order valence-electron chi connectivity index (χ1n) is 7.79. The first-order chi connectivity index (χ1) is 9.72. The van der Waals surface area contributed by atoms with Gasteiger partial charge in [0, 0.05) is 31.1 Å². The molecule has 108 valence electrons. The Kier molecular flexibility index (Phi) is 2.84. The van der Waals surface area contributed by atoms with Crippen molar-refractivity contribution in [3.63, 3.8) is 0 Å². The van der Waals surface area contributed by atoms with E-state index >= 15 is 0 Å². The topological polar surface area (TPSA) is 67.1 Å². The van der Waals surface area contributed by atoms with Crippen LogP contribution in [0.3, 0.4) is 0 Å². The van der Waals surface area contributed by atoms with Crippen molar-refractivity contribution in [3.05, 3.63) is 11.8 Å². The standard InChI is InChI=1S/C15H23N5/c1-17-11-7-20(8-11)14-6-13(18-15(16)19-14)12-5-9-2-3-10(12)4-9/h6,9-12,17H,2-5,7-8H2,1H3,(H2,16,18,19)/t9-,10-,12+/m0/s1. The number of anilines is 2. The number of nitrogens with zero attached hydrogens (tertiary/aromatic N) is 3. The van der Waals surface area contributed by atoms with Gasteiger partial charge in [0.15, 0.2) is 0 Å². The average molecular weight is 273 g/mol. The Morgan fingerprint density at radius 1 is 1.25 bits per heavy atom. The molecular weight excluding hydrogens is 250 g/mol. The van der Waals surface area contributed by atoms with E-state index < -0.39 is 0 Å². The van der Waals surface area contributed by atoms with E-state index in [1.165, 1.54) is 31.4 Å². The number of hydrogen-bond donors (Lipinski definition) is 2. The smallest absolute Gasteiger partial charge is 0.222 e. The maximum Gasteiger partial charge on any atom is 0.222 e. The molecule has 1 aromatic heterocycles. The molecule has 2 bridgehead atoms. The number of likely N-dealkylation sites (N-methyl/N-ethyl adjacent to an activating group) is 1. The fourth-order valence-electron chi connectivity index (χ4n) is 4.28. The monoisotopic (exact) mass is 273 g/mol. The molecule has 0 amide bonds. The number of nitrogen functional groups attached to an aromatic ring is 1. The van der Waals surface area contributed by atoms with E-state index in [1.54, 1.807) is 0 Å². The van der Waals surface area contributed by atoms with Crippen molar-refractivity contribution in [1.29, 1.82) is 0 Å². The highest BCUT2D eigenvalue weighted by Crippen LogP contribution is 2.52. The second-order valence-corrected chi connectivity index (χ2v) is 6.68. The summed E-state index contributed by atoms with van der Waals surface area (Å²) in [6, 6.07) is 2.77. The molecule has 20 heavy (non-hydrogen) atoms. The Bertz CT molecular complexity index is 511. The van der Waals surface area contributed by atoms with Crippen molar-refractivity contribution in [2.45, 2.75) is 37.6 Å². The molecule has 5 heteroatoms. The van der Waals surface area contributed by atoms with Gasteiger partial charge in [-0.15, -0.1) is 0 Å². The third-order valence-corrected chi connectivity index (χ3v) is 5.48. The highest BCUT2D eigenvalue weighted by Gasteiger charge is 2.41. The molecule has 3 N–H and O–H groups in total. The molecular formula is C15H23N5. The van der Waals surface area contributed by atoms with E-state index in [0.29, 0.717) is 17.9 Å². The quantitative estimate of drug-likeness (QED) is 0.870. The van der Waals surface area contributed by atoms with Crippen LogP contribution in [0.25, 0.3) is 0 Å². The average Bonchev–Trinajstić information content (AvgIpc) is 2.99. The van der Waals surface area contributed by atoms with Crippen molar-refractivity contribution in [1.82, 2.24) is 15.3 Å². The van der Waals surface area contributed by atoms with Gasteiger partial charge in [-0.25, -0.2) is 4.98 Å². The number of nitrogens with one attached hydrogen (secondary N) is 1. The molecule has 3 fully saturated rings. The Morgan fingerprint density at radius 3 is 2.75 bits per heavy atom. The molecule has 0 unspecified atom stereocenters. The lowest BCUT2D eigenvalue weighted by molar-refractivity contribution is 0.412. The van der Waals surface area contributed by atoms with Crippen LogP contribution in [-0.4, -0.2) is 36.1 Å². The molecule has 2 aliphatic carbocycles. The van der Waals surface area contributed by atoms with Gasteiger partial charge in [-0.1, -0.05) is 6.42 Å². The SMILES string of the molecule is CNC1CN(c2cc([C@@H]3C[C@H]4CC[C@H]3C4)nc(N)n2)C1. The molecule has 0 radical (unpaired) electrons. The van der Waals surface area contributed by atoms with Crippen LogP contribution in [-0.2, 0) is 0 Å². The maximum atomic E-state index is 5.94. The maximum absolute atomic E-state index is 5.94. The minimum absolute atomic E-state index is 0.438. The minimum Gasteiger partial charge on any atom is -0.368 e. The van der Waals surface area contributed by atoms with E-state index in [4.69, 9.17) is 5.73 Å². The van der Waals surface area contributed by atoms with Gasteiger partial charge in [-0.2, -0.15) is 4.98 Å². The van der Waals surface area contributed by atoms with Gasteiger partial charge in [0.05, 0.1) is 5.69 Å². The van der Waals surface area contributed by atoms with Crippen molar-refractivity contribution in [2.24, 2.45) is 11.8 Å². The molecule has 1 aromatic rings. The zero-order chi connectivity index (χ0) is 13.7. The fourth-order valence-corrected chi connectivity index (χ4v) is 4.28. The first kappa shape index (κ1) is 12.4. The predicted octanol–water partition coefficient (Wildman–Crippen LogP) is 1.37. The second-order valence-electron chi connectivity index (χ2n) is 6.68. The predicted molar refractivity (Wildman–Crippen MR) is 79.7 cm³/mol. The molecule has 2 heterocycles. The Morgan fingerprint density at radius 2 is 2.10 bits per heavy atom. The van der Waals surface area contributed by atoms with Crippen molar-refractivity contribution in [3.8, 4) is 0 Å². The summed E-state index contributed by atoms with van der Waals surface area (Å²) in [5.41, 5.74) is 7.13. The van der Waals surface area contributed by atoms with Crippen molar-refractivity contribution < 1.29 is 0 Å². The third-order valence-electron chi connectivity index (χ3n) is 5.48. The van der Waals surface area contributed by atoms with E-state index in [9.17, 15) is 0 Å². The fraction of sp³-hybridized carbons (Fsp3) is 0.733. The van der Waals surface area contributed by atoms with E-state index in [1.807, 2.05) is 7.05 Å². The van der Waals surface area contributed by atoms with Gasteiger partial charge < -0.3 is 16.0 Å². The largest absolute Gasteiger partial charge is 0.368 e. The van der Waals surface area contributed by atoms with E-state index in [2.05, 4.69) is 26.3 Å². The molecule has 1 aliphatic heterocycles. The van der Waals surface area contributed by atoms with Crippen LogP contribution in [0, 0.1) is 11.8 Å². The lowest BCUT2D eigenvalue weighted by Crippen LogP contribution is -2.57. The zero-order valence-corrected chi connectivity index (χ0v) is 12.0. The van der Waals surface area contributed by atoms with Crippen LogP contribution in [0.4, 0.5) is 11.8 Å². The summed E-state index contributed by atoms with van der Waals surface area (Å²) in [5, 5.41) is 3.29. The molecule has 3 aliphatic rings. The molecule has 0 spiro atoms. The Labute approximate surface area is 120 Å². The normalized spacial score (nSPS) is 32.6. The third kappa shape index (κ3) is 1.95. The molecule has 5 nitrogen and oxygen atoms in total. The Hall–Kier alpha value is -1.36. The summed E-state index contributed by atoms with van der Waals surface area (Å²) in [7, 11) is 2.01. The van der Waals surface area contributed by atoms with E-state index in [0.717, 1.165) is 30.7 Å². The molecule has 2 saturated carbocycles. The van der Waals surface area contributed by atoms with Crippen LogP contribution < -0.4 is 16.0 Å². The second kappa shape index (κ2) is 4.58. The van der Waals surface area contributed by atoms with Crippen LogP contribution in [0.2, 0.25) is 0 Å². The lowest BCUT2D eigenvalue weighted by atomic mass is 9.86. The number of hydrogen-bond acceptors (Lipinski definition) is 5. The van der Waals surface area contributed by atoms with Gasteiger partial charge in [-0.3, -0.25) is 0 Å². The zero-order valence-electron chi connectivity index (χ0n) is 12.0. The van der Waals surface area contributed by atoms with Gasteiger partial charge in [0.2, 0.25) is 5.95 Å². The number of aromatic nitrogens is 2. The summed E-state index contributed by atoms with van der Waals surface area (Å²) in [6.07, 6.45) is 5.50. The van der Waals surface area contributed by atoms with Crippen LogP contribution >= 0.6 is 0 Å². The number of fused-ring (bicyclic) bond motifs is 2. The lowest BCUT2D eigenvalue weighted by Gasteiger charge is -2.40. The minimum atomic E-state index is 0.438.